The number of hydrogen-bond acceptors (Lipinski definition) is 4. The Morgan fingerprint density at radius 3 is 3.00 bits per heavy atom. The first-order valence-corrected chi connectivity index (χ1v) is 4.92. The number of aliphatic carboxylic acids is 1. The highest BCUT2D eigenvalue weighted by Gasteiger charge is 2.15. The van der Waals surface area contributed by atoms with Crippen molar-refractivity contribution in [3.63, 3.8) is 0 Å². The molecule has 1 heterocycles. The fourth-order valence-corrected chi connectivity index (χ4v) is 1.26. The van der Waals surface area contributed by atoms with Crippen molar-refractivity contribution in [3.8, 4) is 17.2 Å². The van der Waals surface area contributed by atoms with Crippen LogP contribution in [-0.2, 0) is 4.79 Å². The lowest BCUT2D eigenvalue weighted by molar-refractivity contribution is -0.142. The van der Waals surface area contributed by atoms with Crippen molar-refractivity contribution in [3.05, 3.63) is 18.2 Å². The fourth-order valence-electron chi connectivity index (χ4n) is 1.26. The van der Waals surface area contributed by atoms with E-state index in [9.17, 15) is 4.79 Å². The van der Waals surface area contributed by atoms with Gasteiger partial charge in [-0.3, -0.25) is 4.79 Å². The first-order chi connectivity index (χ1) is 7.66. The van der Waals surface area contributed by atoms with Gasteiger partial charge in [0.2, 0.25) is 6.79 Å². The van der Waals surface area contributed by atoms with Gasteiger partial charge < -0.3 is 19.3 Å². The fraction of sp³-hybridized carbons (Fsp3) is 0.364. The van der Waals surface area contributed by atoms with E-state index in [1.165, 1.54) is 0 Å². The molecule has 0 saturated carbocycles. The van der Waals surface area contributed by atoms with Crippen molar-refractivity contribution < 1.29 is 24.1 Å². The van der Waals surface area contributed by atoms with E-state index < -0.39 is 11.9 Å². The lowest BCUT2D eigenvalue weighted by atomic mass is 10.2. The largest absolute Gasteiger partial charge is 0.493 e. The zero-order valence-electron chi connectivity index (χ0n) is 8.80. The summed E-state index contributed by atoms with van der Waals surface area (Å²) in [5.41, 5.74) is 0. The SMILES string of the molecule is CC(COc1ccc2c(c1)OCO2)C(=O)O. The van der Waals surface area contributed by atoms with Crippen LogP contribution in [0.15, 0.2) is 18.2 Å². The molecule has 0 bridgehead atoms. The molecule has 1 aromatic carbocycles. The average molecular weight is 224 g/mol. The summed E-state index contributed by atoms with van der Waals surface area (Å²) in [7, 11) is 0. The second-order valence-electron chi connectivity index (χ2n) is 3.57. The number of ether oxygens (including phenoxy) is 3. The molecule has 1 aliphatic heterocycles. The van der Waals surface area contributed by atoms with Crippen LogP contribution in [0.25, 0.3) is 0 Å². The van der Waals surface area contributed by atoms with E-state index >= 15 is 0 Å². The van der Waals surface area contributed by atoms with E-state index in [4.69, 9.17) is 19.3 Å². The smallest absolute Gasteiger partial charge is 0.309 e. The maximum absolute atomic E-state index is 10.6. The van der Waals surface area contributed by atoms with Gasteiger partial charge in [-0.15, -0.1) is 0 Å². The van der Waals surface area contributed by atoms with E-state index in [2.05, 4.69) is 0 Å². The molecule has 1 N–H and O–H groups in total. The number of hydrogen-bond donors (Lipinski definition) is 1. The van der Waals surface area contributed by atoms with Crippen molar-refractivity contribution >= 4 is 5.97 Å². The Labute approximate surface area is 92.5 Å². The minimum absolute atomic E-state index is 0.134. The summed E-state index contributed by atoms with van der Waals surface area (Å²) in [6.07, 6.45) is 0. The normalized spacial score (nSPS) is 14.6. The minimum atomic E-state index is -0.874. The molecule has 0 fully saturated rings. The molecule has 16 heavy (non-hydrogen) atoms. The molecule has 1 unspecified atom stereocenters. The van der Waals surface area contributed by atoms with E-state index in [0.717, 1.165) is 0 Å². The molecule has 1 atom stereocenters. The van der Waals surface area contributed by atoms with Crippen LogP contribution in [0.1, 0.15) is 6.92 Å². The molecule has 0 radical (unpaired) electrons. The second kappa shape index (κ2) is 4.30. The first-order valence-electron chi connectivity index (χ1n) is 4.92. The third kappa shape index (κ3) is 2.18. The Balaban J connectivity index is 1.98. The molecule has 0 aliphatic carbocycles. The van der Waals surface area contributed by atoms with Crippen molar-refractivity contribution in [1.29, 1.82) is 0 Å². The molecule has 2 rings (SSSR count). The van der Waals surface area contributed by atoms with Crippen LogP contribution in [0.5, 0.6) is 17.2 Å². The quantitative estimate of drug-likeness (QED) is 0.839. The Bertz CT molecular complexity index is 401. The van der Waals surface area contributed by atoms with E-state index in [0.29, 0.717) is 17.2 Å². The number of carboxylic acids is 1. The summed E-state index contributed by atoms with van der Waals surface area (Å²) in [4.78, 5) is 10.6. The molecule has 1 aromatic rings. The van der Waals surface area contributed by atoms with Crippen LogP contribution < -0.4 is 14.2 Å². The molecule has 5 heteroatoms. The van der Waals surface area contributed by atoms with Crippen molar-refractivity contribution in [1.82, 2.24) is 0 Å². The van der Waals surface area contributed by atoms with Gasteiger partial charge in [-0.2, -0.15) is 0 Å². The van der Waals surface area contributed by atoms with Crippen LogP contribution >= 0.6 is 0 Å². The summed E-state index contributed by atoms with van der Waals surface area (Å²) >= 11 is 0. The van der Waals surface area contributed by atoms with Gasteiger partial charge in [0, 0.05) is 6.07 Å². The molecule has 86 valence electrons. The summed E-state index contributed by atoms with van der Waals surface area (Å²) in [5.74, 6) is 0.475. The third-order valence-corrected chi connectivity index (χ3v) is 2.27. The second-order valence-corrected chi connectivity index (χ2v) is 3.57. The number of benzene rings is 1. The Morgan fingerprint density at radius 1 is 1.50 bits per heavy atom. The summed E-state index contributed by atoms with van der Waals surface area (Å²) in [6, 6.07) is 5.15. The molecular weight excluding hydrogens is 212 g/mol. The van der Waals surface area contributed by atoms with Crippen LogP contribution in [0.3, 0.4) is 0 Å². The number of rotatable bonds is 4. The van der Waals surface area contributed by atoms with Gasteiger partial charge in [0.1, 0.15) is 12.4 Å². The number of fused-ring (bicyclic) bond motifs is 1. The predicted octanol–water partition coefficient (Wildman–Crippen LogP) is 1.51. The van der Waals surface area contributed by atoms with Crippen LogP contribution in [0, 0.1) is 5.92 Å². The van der Waals surface area contributed by atoms with Gasteiger partial charge in [0.05, 0.1) is 5.92 Å². The maximum Gasteiger partial charge on any atom is 0.309 e. The van der Waals surface area contributed by atoms with Crippen molar-refractivity contribution in [2.45, 2.75) is 6.92 Å². The first kappa shape index (κ1) is 10.6. The van der Waals surface area contributed by atoms with E-state index in [-0.39, 0.29) is 13.4 Å². The third-order valence-electron chi connectivity index (χ3n) is 2.27. The summed E-state index contributed by atoms with van der Waals surface area (Å²) in [5, 5.41) is 8.69. The molecular formula is C11H12O5. The van der Waals surface area contributed by atoms with Crippen LogP contribution in [0.2, 0.25) is 0 Å². The summed E-state index contributed by atoms with van der Waals surface area (Å²) in [6.45, 7) is 1.94. The predicted molar refractivity (Wildman–Crippen MR) is 54.9 cm³/mol. The molecule has 0 saturated heterocycles. The highest BCUT2D eigenvalue weighted by Crippen LogP contribution is 2.35. The van der Waals surface area contributed by atoms with Crippen LogP contribution in [0.4, 0.5) is 0 Å². The number of carbonyl (C=O) groups is 1. The zero-order chi connectivity index (χ0) is 11.5. The highest BCUT2D eigenvalue weighted by molar-refractivity contribution is 5.69. The van der Waals surface area contributed by atoms with Crippen molar-refractivity contribution in [2.24, 2.45) is 5.92 Å². The molecule has 0 amide bonds. The van der Waals surface area contributed by atoms with Gasteiger partial charge in [0.25, 0.3) is 0 Å². The summed E-state index contributed by atoms with van der Waals surface area (Å²) < 4.78 is 15.7. The standard InChI is InChI=1S/C11H12O5/c1-7(11(12)13)5-14-8-2-3-9-10(4-8)16-6-15-9/h2-4,7H,5-6H2,1H3,(H,12,13). The van der Waals surface area contributed by atoms with Gasteiger partial charge in [0.15, 0.2) is 11.5 Å². The Morgan fingerprint density at radius 2 is 2.25 bits per heavy atom. The lowest BCUT2D eigenvalue weighted by Crippen LogP contribution is -2.17. The van der Waals surface area contributed by atoms with Gasteiger partial charge in [-0.05, 0) is 19.1 Å². The van der Waals surface area contributed by atoms with E-state index in [1.807, 2.05) is 0 Å². The van der Waals surface area contributed by atoms with Gasteiger partial charge in [-0.25, -0.2) is 0 Å². The molecule has 0 spiro atoms. The maximum atomic E-state index is 10.6. The monoisotopic (exact) mass is 224 g/mol. The topological polar surface area (TPSA) is 65.0 Å². The Kier molecular flexibility index (Phi) is 2.85. The molecule has 5 nitrogen and oxygen atoms in total. The zero-order valence-corrected chi connectivity index (χ0v) is 8.80. The van der Waals surface area contributed by atoms with Crippen molar-refractivity contribution in [2.75, 3.05) is 13.4 Å². The van der Waals surface area contributed by atoms with Gasteiger partial charge >= 0.3 is 5.97 Å². The highest BCUT2D eigenvalue weighted by atomic mass is 16.7. The number of carboxylic acid groups (broad SMARTS) is 1. The molecule has 0 aromatic heterocycles. The average Bonchev–Trinajstić information content (AvgIpc) is 2.72. The lowest BCUT2D eigenvalue weighted by Gasteiger charge is -2.09. The minimum Gasteiger partial charge on any atom is -0.493 e. The Hall–Kier alpha value is -1.91. The molecule has 1 aliphatic rings. The van der Waals surface area contributed by atoms with Crippen LogP contribution in [-0.4, -0.2) is 24.5 Å². The van der Waals surface area contributed by atoms with E-state index in [1.54, 1.807) is 25.1 Å². The van der Waals surface area contributed by atoms with Gasteiger partial charge in [-0.1, -0.05) is 0 Å².